The van der Waals surface area contributed by atoms with E-state index in [1.54, 1.807) is 0 Å². The maximum atomic E-state index is 5.63. The molecule has 0 bridgehead atoms. The molecule has 0 saturated heterocycles. The Hall–Kier alpha value is -1.35. The van der Waals surface area contributed by atoms with E-state index in [-0.39, 0.29) is 0 Å². The molecule has 2 heterocycles. The summed E-state index contributed by atoms with van der Waals surface area (Å²) in [5.41, 5.74) is 8.05. The van der Waals surface area contributed by atoms with E-state index >= 15 is 0 Å². The molecule has 0 aliphatic heterocycles. The number of hydrogen-bond acceptors (Lipinski definition) is 2. The Balaban J connectivity index is 2.60. The number of pyridine rings is 1. The molecule has 2 N–H and O–H groups in total. The second-order valence-electron chi connectivity index (χ2n) is 3.29. The number of aromatic nitrogens is 2. The molecule has 1 unspecified atom stereocenters. The van der Waals surface area contributed by atoms with Gasteiger partial charge in [0, 0.05) is 6.20 Å². The summed E-state index contributed by atoms with van der Waals surface area (Å²) in [6.45, 7) is 2.80. The Morgan fingerprint density at radius 1 is 1.62 bits per heavy atom. The SMILES string of the molecule is CC(CN)c1cccn2cncc12. The topological polar surface area (TPSA) is 43.3 Å². The first-order chi connectivity index (χ1) is 6.33. The monoisotopic (exact) mass is 175 g/mol. The lowest BCUT2D eigenvalue weighted by Crippen LogP contribution is -2.09. The van der Waals surface area contributed by atoms with Crippen LogP contribution in [0.4, 0.5) is 0 Å². The number of nitrogens with two attached hydrogens (primary N) is 1. The van der Waals surface area contributed by atoms with Crippen LogP contribution in [-0.4, -0.2) is 15.9 Å². The van der Waals surface area contributed by atoms with Crippen molar-refractivity contribution in [1.29, 1.82) is 0 Å². The number of rotatable bonds is 2. The van der Waals surface area contributed by atoms with Gasteiger partial charge in [0.1, 0.15) is 0 Å². The fourth-order valence-corrected chi connectivity index (χ4v) is 1.52. The summed E-state index contributed by atoms with van der Waals surface area (Å²) in [5.74, 6) is 0.389. The fourth-order valence-electron chi connectivity index (χ4n) is 1.52. The summed E-state index contributed by atoms with van der Waals surface area (Å²) >= 11 is 0. The summed E-state index contributed by atoms with van der Waals surface area (Å²) in [6, 6.07) is 4.13. The van der Waals surface area contributed by atoms with Crippen molar-refractivity contribution >= 4 is 5.52 Å². The smallest absolute Gasteiger partial charge is 0.0992 e. The van der Waals surface area contributed by atoms with Crippen LogP contribution in [0.25, 0.3) is 5.52 Å². The lowest BCUT2D eigenvalue weighted by molar-refractivity contribution is 0.776. The number of imidazole rings is 1. The minimum atomic E-state index is 0.389. The van der Waals surface area contributed by atoms with Crippen LogP contribution < -0.4 is 5.73 Å². The first-order valence-corrected chi connectivity index (χ1v) is 4.43. The third-order valence-electron chi connectivity index (χ3n) is 2.37. The van der Waals surface area contributed by atoms with Crippen LogP contribution in [0, 0.1) is 0 Å². The quantitative estimate of drug-likeness (QED) is 0.749. The van der Waals surface area contributed by atoms with Crippen molar-refractivity contribution in [1.82, 2.24) is 9.38 Å². The highest BCUT2D eigenvalue weighted by atomic mass is 15.0. The summed E-state index contributed by atoms with van der Waals surface area (Å²) < 4.78 is 2.02. The van der Waals surface area contributed by atoms with Crippen molar-refractivity contribution in [3.8, 4) is 0 Å². The second-order valence-corrected chi connectivity index (χ2v) is 3.29. The summed E-state index contributed by atoms with van der Waals surface area (Å²) in [5, 5.41) is 0. The standard InChI is InChI=1S/C10H13N3/c1-8(5-11)9-3-2-4-13-7-12-6-10(9)13/h2-4,6-8H,5,11H2,1H3. The Labute approximate surface area is 77.2 Å². The molecule has 2 rings (SSSR count). The minimum Gasteiger partial charge on any atom is -0.330 e. The zero-order chi connectivity index (χ0) is 9.26. The molecule has 0 spiro atoms. The number of hydrogen-bond donors (Lipinski definition) is 1. The zero-order valence-electron chi connectivity index (χ0n) is 7.64. The highest BCUT2D eigenvalue weighted by Crippen LogP contribution is 2.18. The maximum Gasteiger partial charge on any atom is 0.0992 e. The molecule has 3 nitrogen and oxygen atoms in total. The molecule has 3 heteroatoms. The van der Waals surface area contributed by atoms with E-state index in [9.17, 15) is 0 Å². The molecule has 13 heavy (non-hydrogen) atoms. The largest absolute Gasteiger partial charge is 0.330 e. The molecule has 2 aromatic rings. The molecule has 0 aliphatic carbocycles. The molecular formula is C10H13N3. The summed E-state index contributed by atoms with van der Waals surface area (Å²) in [4.78, 5) is 4.10. The van der Waals surface area contributed by atoms with Crippen LogP contribution in [0.5, 0.6) is 0 Å². The Morgan fingerprint density at radius 3 is 3.23 bits per heavy atom. The van der Waals surface area contributed by atoms with E-state index in [1.807, 2.05) is 29.2 Å². The molecule has 0 radical (unpaired) electrons. The lowest BCUT2D eigenvalue weighted by atomic mass is 10.0. The first-order valence-electron chi connectivity index (χ1n) is 4.43. The van der Waals surface area contributed by atoms with Gasteiger partial charge in [-0.2, -0.15) is 0 Å². The van der Waals surface area contributed by atoms with Crippen molar-refractivity contribution < 1.29 is 0 Å². The maximum absolute atomic E-state index is 5.63. The van der Waals surface area contributed by atoms with Crippen LogP contribution in [0.2, 0.25) is 0 Å². The Bertz CT molecular complexity index is 405. The molecule has 68 valence electrons. The van der Waals surface area contributed by atoms with Gasteiger partial charge in [-0.3, -0.25) is 0 Å². The van der Waals surface area contributed by atoms with Gasteiger partial charge in [0.25, 0.3) is 0 Å². The van der Waals surface area contributed by atoms with Crippen LogP contribution in [0.1, 0.15) is 18.4 Å². The van der Waals surface area contributed by atoms with Crippen LogP contribution in [-0.2, 0) is 0 Å². The number of fused-ring (bicyclic) bond motifs is 1. The second kappa shape index (κ2) is 3.18. The van der Waals surface area contributed by atoms with Crippen LogP contribution >= 0.6 is 0 Å². The highest BCUT2D eigenvalue weighted by Gasteiger charge is 2.07. The highest BCUT2D eigenvalue weighted by molar-refractivity contribution is 5.54. The first kappa shape index (κ1) is 8.26. The van der Waals surface area contributed by atoms with E-state index in [4.69, 9.17) is 5.73 Å². The normalized spacial score (nSPS) is 13.4. The van der Waals surface area contributed by atoms with E-state index < -0.39 is 0 Å². The average Bonchev–Trinajstić information content (AvgIpc) is 2.63. The predicted octanol–water partition coefficient (Wildman–Crippen LogP) is 1.40. The van der Waals surface area contributed by atoms with Gasteiger partial charge >= 0.3 is 0 Å². The van der Waals surface area contributed by atoms with Gasteiger partial charge in [0.2, 0.25) is 0 Å². The molecule has 0 aromatic carbocycles. The molecular weight excluding hydrogens is 162 g/mol. The van der Waals surface area contributed by atoms with Gasteiger partial charge in [-0.05, 0) is 24.1 Å². The van der Waals surface area contributed by atoms with Crippen molar-refractivity contribution in [3.05, 3.63) is 36.4 Å². The van der Waals surface area contributed by atoms with Gasteiger partial charge in [0.05, 0.1) is 18.0 Å². The summed E-state index contributed by atoms with van der Waals surface area (Å²) in [6.07, 6.45) is 5.68. The minimum absolute atomic E-state index is 0.389. The van der Waals surface area contributed by atoms with Gasteiger partial charge in [-0.1, -0.05) is 13.0 Å². The van der Waals surface area contributed by atoms with E-state index in [1.165, 1.54) is 5.56 Å². The van der Waals surface area contributed by atoms with Gasteiger partial charge < -0.3 is 10.1 Å². The van der Waals surface area contributed by atoms with E-state index in [2.05, 4.69) is 18.0 Å². The van der Waals surface area contributed by atoms with E-state index in [0.717, 1.165) is 5.52 Å². The molecule has 0 saturated carbocycles. The molecule has 1 atom stereocenters. The van der Waals surface area contributed by atoms with Crippen molar-refractivity contribution in [2.24, 2.45) is 5.73 Å². The van der Waals surface area contributed by atoms with Gasteiger partial charge in [-0.15, -0.1) is 0 Å². The van der Waals surface area contributed by atoms with Crippen LogP contribution in [0.15, 0.2) is 30.9 Å². The molecule has 0 amide bonds. The lowest BCUT2D eigenvalue weighted by Gasteiger charge is -2.09. The molecule has 0 fully saturated rings. The average molecular weight is 175 g/mol. The predicted molar refractivity (Wildman–Crippen MR) is 52.7 cm³/mol. The van der Waals surface area contributed by atoms with Crippen molar-refractivity contribution in [2.45, 2.75) is 12.8 Å². The van der Waals surface area contributed by atoms with Gasteiger partial charge in [-0.25, -0.2) is 4.98 Å². The summed E-state index contributed by atoms with van der Waals surface area (Å²) in [7, 11) is 0. The fraction of sp³-hybridized carbons (Fsp3) is 0.300. The third kappa shape index (κ3) is 1.31. The van der Waals surface area contributed by atoms with Crippen molar-refractivity contribution in [2.75, 3.05) is 6.54 Å². The number of nitrogens with zero attached hydrogens (tertiary/aromatic N) is 2. The molecule has 0 aliphatic rings. The third-order valence-corrected chi connectivity index (χ3v) is 2.37. The Morgan fingerprint density at radius 2 is 2.46 bits per heavy atom. The van der Waals surface area contributed by atoms with Crippen molar-refractivity contribution in [3.63, 3.8) is 0 Å². The zero-order valence-corrected chi connectivity index (χ0v) is 7.64. The molecule has 2 aromatic heterocycles. The van der Waals surface area contributed by atoms with Gasteiger partial charge in [0.15, 0.2) is 0 Å². The Kier molecular flexibility index (Phi) is 2.02. The van der Waals surface area contributed by atoms with E-state index in [0.29, 0.717) is 12.5 Å². The van der Waals surface area contributed by atoms with Crippen LogP contribution in [0.3, 0.4) is 0 Å².